The van der Waals surface area contributed by atoms with Crippen LogP contribution in [0.3, 0.4) is 0 Å². The lowest BCUT2D eigenvalue weighted by Crippen LogP contribution is -2.61. The molecule has 0 saturated carbocycles. The number of urea groups is 1. The van der Waals surface area contributed by atoms with E-state index in [4.69, 9.17) is 5.73 Å². The summed E-state index contributed by atoms with van der Waals surface area (Å²) in [6.45, 7) is 7.33. The van der Waals surface area contributed by atoms with Gasteiger partial charge in [0, 0.05) is 27.1 Å². The number of benzene rings is 2. The van der Waals surface area contributed by atoms with Crippen molar-refractivity contribution in [1.29, 1.82) is 0 Å². The summed E-state index contributed by atoms with van der Waals surface area (Å²) in [7, 11) is 2.77. The van der Waals surface area contributed by atoms with Gasteiger partial charge in [-0.15, -0.1) is 0 Å². The minimum absolute atomic E-state index is 0.0518. The summed E-state index contributed by atoms with van der Waals surface area (Å²) in [6, 6.07) is 9.91. The Morgan fingerprint density at radius 2 is 1.43 bits per heavy atom. The van der Waals surface area contributed by atoms with E-state index in [9.17, 15) is 43.5 Å². The second kappa shape index (κ2) is 24.3. The minimum atomic E-state index is -1.45. The van der Waals surface area contributed by atoms with Crippen LogP contribution >= 0.6 is 0 Å². The largest absolute Gasteiger partial charge is 0.480 e. The van der Waals surface area contributed by atoms with Gasteiger partial charge in [-0.3, -0.25) is 28.8 Å². The first-order valence-corrected chi connectivity index (χ1v) is 21.0. The number of amides is 8. The van der Waals surface area contributed by atoms with Gasteiger partial charge in [0.15, 0.2) is 0 Å². The van der Waals surface area contributed by atoms with Gasteiger partial charge in [-0.2, -0.15) is 0 Å². The molecule has 1 fully saturated rings. The van der Waals surface area contributed by atoms with Gasteiger partial charge in [0.2, 0.25) is 35.4 Å². The maximum atomic E-state index is 14.7. The Balaban J connectivity index is 2.10. The van der Waals surface area contributed by atoms with Gasteiger partial charge in [0.25, 0.3) is 0 Å². The minimum Gasteiger partial charge on any atom is -0.480 e. The van der Waals surface area contributed by atoms with Crippen molar-refractivity contribution in [2.45, 2.75) is 122 Å². The highest BCUT2D eigenvalue weighted by Gasteiger charge is 2.40. The third kappa shape index (κ3) is 15.5. The smallest absolute Gasteiger partial charge is 0.326 e. The van der Waals surface area contributed by atoms with Gasteiger partial charge in [0.1, 0.15) is 36.3 Å². The second-order valence-electron chi connectivity index (χ2n) is 16.2. The number of carboxylic acid groups (broad SMARTS) is 1. The third-order valence-corrected chi connectivity index (χ3v) is 11.0. The molecule has 1 aliphatic rings. The van der Waals surface area contributed by atoms with Gasteiger partial charge in [0.05, 0.1) is 6.42 Å². The van der Waals surface area contributed by atoms with Crippen LogP contribution in [-0.4, -0.2) is 119 Å². The van der Waals surface area contributed by atoms with Crippen LogP contribution in [-0.2, 0) is 46.4 Å². The molecule has 17 heteroatoms. The number of carboxylic acids is 1. The lowest BCUT2D eigenvalue weighted by Gasteiger charge is -2.37. The first-order chi connectivity index (χ1) is 28.9. The normalized spacial score (nSPS) is 22.4. The van der Waals surface area contributed by atoms with Crippen molar-refractivity contribution in [2.24, 2.45) is 17.6 Å². The Hall–Kier alpha value is -6.00. The van der Waals surface area contributed by atoms with Crippen molar-refractivity contribution in [2.75, 3.05) is 20.6 Å². The fourth-order valence-electron chi connectivity index (χ4n) is 7.18. The van der Waals surface area contributed by atoms with Gasteiger partial charge >= 0.3 is 12.0 Å². The molecule has 1 heterocycles. The SMILES string of the molecule is CC[C@@H](C)[C@@H]1NC(=O)[C@@H](NC(=O)N[C@H](CC(C)C)C(=O)O)CCCCNC(=O)[C@H](Cc2ccccc2)NC(=O)[C@@H](CC(N)=O)N(C)C(=O)[C@@H](CCc2ccccc2)N(C)C1=O. The number of carbonyl (C=O) groups excluding carboxylic acids is 7. The number of primary amides is 1. The number of aryl methyl sites for hydroxylation is 1. The van der Waals surface area contributed by atoms with Gasteiger partial charge in [-0.25, -0.2) is 9.59 Å². The van der Waals surface area contributed by atoms with Gasteiger partial charge < -0.3 is 47.2 Å². The zero-order chi connectivity index (χ0) is 45.2. The summed E-state index contributed by atoms with van der Waals surface area (Å²) in [5.74, 6) is -5.97. The number of hydrogen-bond donors (Lipinski definition) is 7. The van der Waals surface area contributed by atoms with E-state index in [0.29, 0.717) is 25.7 Å². The standard InChI is InChI=1S/C44H64N8O9/c1-7-28(4)37-42(58)51(5)34(22-21-29-16-10-8-11-17-29)41(57)52(6)35(26-36(45)53)40(56)47-32(25-30-18-12-9-13-19-30)38(54)46-23-15-14-20-31(39(55)50-37)48-44(61)49-33(43(59)60)24-27(2)3/h8-13,16-19,27-28,31-35,37H,7,14-15,20-26H2,1-6H3,(H2,45,53)(H,46,54)(H,47,56)(H,50,55)(H,59,60)(H2,48,49,61)/t28-,31+,32+,33-,34-,35-,37+/m1/s1. The van der Waals surface area contributed by atoms with Crippen LogP contribution < -0.4 is 32.3 Å². The van der Waals surface area contributed by atoms with E-state index in [1.165, 1.54) is 19.0 Å². The summed E-state index contributed by atoms with van der Waals surface area (Å²) >= 11 is 0. The molecule has 8 amide bonds. The van der Waals surface area contributed by atoms with Crippen molar-refractivity contribution in [3.05, 3.63) is 71.8 Å². The van der Waals surface area contributed by atoms with Crippen LogP contribution in [0.5, 0.6) is 0 Å². The van der Waals surface area contributed by atoms with E-state index in [1.54, 1.807) is 37.3 Å². The summed E-state index contributed by atoms with van der Waals surface area (Å²) in [6.07, 6.45) is 1.18. The van der Waals surface area contributed by atoms with Crippen molar-refractivity contribution >= 4 is 47.4 Å². The van der Waals surface area contributed by atoms with E-state index in [-0.39, 0.29) is 38.1 Å². The average Bonchev–Trinajstić information content (AvgIpc) is 3.22. The van der Waals surface area contributed by atoms with E-state index in [1.807, 2.05) is 51.1 Å². The second-order valence-corrected chi connectivity index (χ2v) is 16.2. The van der Waals surface area contributed by atoms with Crippen molar-refractivity contribution < 1.29 is 43.5 Å². The molecule has 7 atom stereocenters. The molecule has 334 valence electrons. The molecule has 1 saturated heterocycles. The summed E-state index contributed by atoms with van der Waals surface area (Å²) in [5, 5.41) is 23.2. The molecular formula is C44H64N8O9. The fraction of sp³-hybridized carbons (Fsp3) is 0.545. The number of nitrogens with one attached hydrogen (secondary N) is 5. The van der Waals surface area contributed by atoms with E-state index in [0.717, 1.165) is 16.0 Å². The number of hydrogen-bond acceptors (Lipinski definition) is 8. The highest BCUT2D eigenvalue weighted by atomic mass is 16.4. The first-order valence-electron chi connectivity index (χ1n) is 21.0. The Bertz CT molecular complexity index is 1810. The highest BCUT2D eigenvalue weighted by molar-refractivity contribution is 5.98. The molecule has 2 aromatic carbocycles. The number of likely N-dealkylation sites (N-methyl/N-ethyl adjacent to an activating group) is 2. The zero-order valence-electron chi connectivity index (χ0n) is 36.1. The van der Waals surface area contributed by atoms with Crippen molar-refractivity contribution in [3.8, 4) is 0 Å². The van der Waals surface area contributed by atoms with E-state index < -0.39 is 96.0 Å². The Kier molecular flexibility index (Phi) is 19.7. The van der Waals surface area contributed by atoms with E-state index >= 15 is 0 Å². The number of carbonyl (C=O) groups is 8. The predicted octanol–water partition coefficient (Wildman–Crippen LogP) is 1.87. The molecule has 17 nitrogen and oxygen atoms in total. The van der Waals surface area contributed by atoms with Crippen LogP contribution in [0.2, 0.25) is 0 Å². The molecule has 0 aliphatic carbocycles. The topological polar surface area (TPSA) is 249 Å². The van der Waals surface area contributed by atoms with Crippen molar-refractivity contribution in [1.82, 2.24) is 36.4 Å². The number of nitrogens with zero attached hydrogens (tertiary/aromatic N) is 2. The van der Waals surface area contributed by atoms with Crippen molar-refractivity contribution in [3.63, 3.8) is 0 Å². The van der Waals surface area contributed by atoms with Crippen LogP contribution in [0.25, 0.3) is 0 Å². The summed E-state index contributed by atoms with van der Waals surface area (Å²) in [5.41, 5.74) is 7.22. The quantitative estimate of drug-likeness (QED) is 0.146. The molecule has 0 bridgehead atoms. The maximum Gasteiger partial charge on any atom is 0.326 e. The fourth-order valence-corrected chi connectivity index (χ4v) is 7.18. The number of nitrogens with two attached hydrogens (primary N) is 1. The Labute approximate surface area is 358 Å². The van der Waals surface area contributed by atoms with Gasteiger partial charge in [-0.05, 0) is 61.5 Å². The van der Waals surface area contributed by atoms with E-state index in [2.05, 4.69) is 26.6 Å². The lowest BCUT2D eigenvalue weighted by atomic mass is 9.95. The number of aliphatic carboxylic acids is 1. The van der Waals surface area contributed by atoms with Crippen LogP contribution in [0.4, 0.5) is 4.79 Å². The monoisotopic (exact) mass is 848 g/mol. The summed E-state index contributed by atoms with van der Waals surface area (Å²) in [4.78, 5) is 111. The van der Waals surface area contributed by atoms with Gasteiger partial charge in [-0.1, -0.05) is 94.8 Å². The zero-order valence-corrected chi connectivity index (χ0v) is 36.1. The molecule has 0 spiro atoms. The molecular weight excluding hydrogens is 785 g/mol. The van der Waals surface area contributed by atoms with Crippen LogP contribution in [0.15, 0.2) is 60.7 Å². The molecule has 0 aromatic heterocycles. The third-order valence-electron chi connectivity index (χ3n) is 11.0. The molecule has 2 aromatic rings. The molecule has 3 rings (SSSR count). The predicted molar refractivity (Wildman–Crippen MR) is 228 cm³/mol. The molecule has 61 heavy (non-hydrogen) atoms. The average molecular weight is 849 g/mol. The molecule has 1 aliphatic heterocycles. The Morgan fingerprint density at radius 3 is 2.00 bits per heavy atom. The maximum absolute atomic E-state index is 14.7. The lowest BCUT2D eigenvalue weighted by molar-refractivity contribution is -0.150. The molecule has 8 N–H and O–H groups in total. The molecule has 0 unspecified atom stereocenters. The van der Waals surface area contributed by atoms with Crippen LogP contribution in [0, 0.1) is 11.8 Å². The number of rotatable bonds is 14. The molecule has 0 radical (unpaired) electrons. The Morgan fingerprint density at radius 1 is 0.820 bits per heavy atom. The van der Waals surface area contributed by atoms with Crippen LogP contribution in [0.1, 0.15) is 83.8 Å². The summed E-state index contributed by atoms with van der Waals surface area (Å²) < 4.78 is 0. The highest BCUT2D eigenvalue weighted by Crippen LogP contribution is 2.20. The first kappa shape index (κ1) is 49.4.